The minimum absolute atomic E-state index is 0.358. The van der Waals surface area contributed by atoms with Gasteiger partial charge in [-0.25, -0.2) is 4.79 Å². The van der Waals surface area contributed by atoms with Crippen LogP contribution >= 0.6 is 0 Å². The summed E-state index contributed by atoms with van der Waals surface area (Å²) < 4.78 is 17.6. The van der Waals surface area contributed by atoms with Gasteiger partial charge in [0.1, 0.15) is 17.1 Å². The van der Waals surface area contributed by atoms with Crippen molar-refractivity contribution in [2.45, 2.75) is 26.2 Å². The Kier molecular flexibility index (Phi) is 6.44. The highest BCUT2D eigenvalue weighted by Gasteiger charge is 2.16. The topological polar surface area (TPSA) is 84.7 Å². The van der Waals surface area contributed by atoms with Gasteiger partial charge >= 0.3 is 5.97 Å². The Hall–Kier alpha value is -4.19. The average molecular weight is 470 g/mol. The molecule has 178 valence electrons. The van der Waals surface area contributed by atoms with Crippen molar-refractivity contribution < 1.29 is 23.8 Å². The molecule has 0 saturated carbocycles. The summed E-state index contributed by atoms with van der Waals surface area (Å²) >= 11 is 0. The first-order valence-electron chi connectivity index (χ1n) is 11.8. The first-order valence-corrected chi connectivity index (χ1v) is 11.8. The number of aromatic amines is 1. The van der Waals surface area contributed by atoms with Gasteiger partial charge in [-0.15, -0.1) is 0 Å². The van der Waals surface area contributed by atoms with Crippen molar-refractivity contribution >= 4 is 27.8 Å². The number of ether oxygens (including phenoxy) is 2. The Morgan fingerprint density at radius 1 is 1.00 bits per heavy atom. The molecule has 2 N–H and O–H groups in total. The summed E-state index contributed by atoms with van der Waals surface area (Å²) in [5, 5.41) is 10.9. The average Bonchev–Trinajstić information content (AvgIpc) is 3.48. The van der Waals surface area contributed by atoms with E-state index in [4.69, 9.17) is 19.0 Å². The fraction of sp³-hybridized carbons (Fsp3) is 0.207. The molecule has 5 rings (SSSR count). The van der Waals surface area contributed by atoms with Gasteiger partial charge in [-0.05, 0) is 48.4 Å². The van der Waals surface area contributed by atoms with Gasteiger partial charge in [0, 0.05) is 39.5 Å². The largest absolute Gasteiger partial charge is 0.493 e. The molecular formula is C29H27NO5. The van der Waals surface area contributed by atoms with Crippen molar-refractivity contribution in [3.05, 3.63) is 84.3 Å². The van der Waals surface area contributed by atoms with Crippen LogP contribution in [-0.2, 0) is 17.6 Å². The van der Waals surface area contributed by atoms with E-state index in [2.05, 4.69) is 30.1 Å². The highest BCUT2D eigenvalue weighted by molar-refractivity contribution is 5.96. The number of aryl methyl sites for hydroxylation is 1. The maximum atomic E-state index is 10.7. The number of H-pyrrole nitrogens is 1. The van der Waals surface area contributed by atoms with Crippen molar-refractivity contribution in [1.82, 2.24) is 4.98 Å². The number of furan rings is 1. The molecule has 0 amide bonds. The number of carboxylic acids is 1. The van der Waals surface area contributed by atoms with Gasteiger partial charge in [0.25, 0.3) is 0 Å². The summed E-state index contributed by atoms with van der Waals surface area (Å²) in [7, 11) is 0. The zero-order valence-corrected chi connectivity index (χ0v) is 19.5. The van der Waals surface area contributed by atoms with E-state index in [0.717, 1.165) is 62.8 Å². The number of hydrogen-bond donors (Lipinski definition) is 2. The van der Waals surface area contributed by atoms with Gasteiger partial charge in [-0.2, -0.15) is 0 Å². The number of carboxylic acid groups (broad SMARTS) is 1. The van der Waals surface area contributed by atoms with E-state index >= 15 is 0 Å². The first kappa shape index (κ1) is 22.6. The van der Waals surface area contributed by atoms with Crippen LogP contribution in [0.1, 0.15) is 24.6 Å². The fourth-order valence-corrected chi connectivity index (χ4v) is 4.41. The molecule has 35 heavy (non-hydrogen) atoms. The lowest BCUT2D eigenvalue weighted by molar-refractivity contribution is -0.139. The molecule has 3 aromatic carbocycles. The lowest BCUT2D eigenvalue weighted by Gasteiger charge is -2.12. The van der Waals surface area contributed by atoms with Crippen LogP contribution in [0.3, 0.4) is 0 Å². The van der Waals surface area contributed by atoms with E-state index in [9.17, 15) is 4.79 Å². The van der Waals surface area contributed by atoms with E-state index < -0.39 is 5.97 Å². The number of benzene rings is 3. The van der Waals surface area contributed by atoms with Crippen LogP contribution in [0.5, 0.6) is 11.5 Å². The molecule has 2 aromatic heterocycles. The van der Waals surface area contributed by atoms with Crippen molar-refractivity contribution in [3.8, 4) is 22.6 Å². The molecule has 0 aliphatic rings. The number of aromatic nitrogens is 1. The summed E-state index contributed by atoms with van der Waals surface area (Å²) in [6.07, 6.45) is 4.41. The molecular weight excluding hydrogens is 442 g/mol. The summed E-state index contributed by atoms with van der Waals surface area (Å²) in [5.74, 6) is 0.393. The van der Waals surface area contributed by atoms with Gasteiger partial charge in [0.05, 0.1) is 12.9 Å². The van der Waals surface area contributed by atoms with Gasteiger partial charge < -0.3 is 24.0 Å². The van der Waals surface area contributed by atoms with Crippen LogP contribution in [0.2, 0.25) is 0 Å². The second kappa shape index (κ2) is 9.97. The molecule has 0 atom stereocenters. The van der Waals surface area contributed by atoms with E-state index in [1.54, 1.807) is 6.07 Å². The molecule has 5 aromatic rings. The second-order valence-corrected chi connectivity index (χ2v) is 8.51. The molecule has 0 aliphatic heterocycles. The molecule has 0 bridgehead atoms. The summed E-state index contributed by atoms with van der Waals surface area (Å²) in [4.78, 5) is 14.1. The predicted molar refractivity (Wildman–Crippen MR) is 136 cm³/mol. The zero-order chi connectivity index (χ0) is 24.2. The number of aliphatic carboxylic acids is 1. The molecule has 6 nitrogen and oxygen atoms in total. The monoisotopic (exact) mass is 469 g/mol. The van der Waals surface area contributed by atoms with Crippen molar-refractivity contribution in [3.63, 3.8) is 0 Å². The highest BCUT2D eigenvalue weighted by atomic mass is 16.5. The van der Waals surface area contributed by atoms with E-state index in [1.807, 2.05) is 48.7 Å². The van der Waals surface area contributed by atoms with E-state index in [0.29, 0.717) is 18.8 Å². The third-order valence-corrected chi connectivity index (χ3v) is 6.03. The first-order chi connectivity index (χ1) is 17.1. The molecule has 0 fully saturated rings. The third kappa shape index (κ3) is 4.87. The second-order valence-electron chi connectivity index (χ2n) is 8.51. The Balaban J connectivity index is 1.32. The third-order valence-electron chi connectivity index (χ3n) is 6.03. The van der Waals surface area contributed by atoms with Crippen LogP contribution in [0, 0.1) is 0 Å². The van der Waals surface area contributed by atoms with E-state index in [-0.39, 0.29) is 6.61 Å². The van der Waals surface area contributed by atoms with Gasteiger partial charge in [-0.3, -0.25) is 0 Å². The molecule has 0 spiro atoms. The maximum absolute atomic E-state index is 10.7. The lowest BCUT2D eigenvalue weighted by atomic mass is 10.0. The highest BCUT2D eigenvalue weighted by Crippen LogP contribution is 2.37. The van der Waals surface area contributed by atoms with Gasteiger partial charge in [0.2, 0.25) is 0 Å². The number of rotatable bonds is 10. The smallest absolute Gasteiger partial charge is 0.341 e. The molecule has 0 unspecified atom stereocenters. The standard InChI is InChI=1S/C29H27NO5/c1-2-6-24-27(12-10-23-25(17-35-29(23)24)19-7-4-3-5-8-19)33-14-13-21-15-20-16-22(34-18-28(31)32)9-11-26(20)30-21/h3-5,7-12,15-17,30H,2,6,13-14,18H2,1H3,(H,31,32). The molecule has 6 heteroatoms. The number of carbonyl (C=O) groups is 1. The Morgan fingerprint density at radius 3 is 2.66 bits per heavy atom. The Labute approximate surface area is 203 Å². The summed E-state index contributed by atoms with van der Waals surface area (Å²) in [6, 6.07) is 21.9. The summed E-state index contributed by atoms with van der Waals surface area (Å²) in [6.45, 7) is 2.32. The van der Waals surface area contributed by atoms with Crippen LogP contribution < -0.4 is 9.47 Å². The van der Waals surface area contributed by atoms with Crippen LogP contribution in [0.25, 0.3) is 33.0 Å². The SMILES string of the molecule is CCCc1c(OCCc2cc3cc(OCC(=O)O)ccc3[nH]2)ccc2c(-c3ccccc3)coc12. The number of hydrogen-bond acceptors (Lipinski definition) is 4. The Bertz CT molecular complexity index is 1470. The predicted octanol–water partition coefficient (Wildman–Crippen LogP) is 6.62. The number of fused-ring (bicyclic) bond motifs is 2. The molecule has 0 aliphatic carbocycles. The van der Waals surface area contributed by atoms with Gasteiger partial charge in [-0.1, -0.05) is 43.7 Å². The normalized spacial score (nSPS) is 11.2. The molecule has 2 heterocycles. The van der Waals surface area contributed by atoms with E-state index in [1.165, 1.54) is 0 Å². The van der Waals surface area contributed by atoms with Crippen LogP contribution in [0.4, 0.5) is 0 Å². The number of nitrogens with one attached hydrogen (secondary N) is 1. The maximum Gasteiger partial charge on any atom is 0.341 e. The fourth-order valence-electron chi connectivity index (χ4n) is 4.41. The van der Waals surface area contributed by atoms with Crippen molar-refractivity contribution in [1.29, 1.82) is 0 Å². The lowest BCUT2D eigenvalue weighted by Crippen LogP contribution is -2.09. The minimum atomic E-state index is -0.997. The van der Waals surface area contributed by atoms with Crippen LogP contribution in [0.15, 0.2) is 77.4 Å². The Morgan fingerprint density at radius 2 is 1.86 bits per heavy atom. The summed E-state index contributed by atoms with van der Waals surface area (Å²) in [5.41, 5.74) is 6.23. The molecule has 0 saturated heterocycles. The van der Waals surface area contributed by atoms with Crippen molar-refractivity contribution in [2.24, 2.45) is 0 Å². The van der Waals surface area contributed by atoms with Gasteiger partial charge in [0.15, 0.2) is 6.61 Å². The minimum Gasteiger partial charge on any atom is -0.493 e. The molecule has 0 radical (unpaired) electrons. The van der Waals surface area contributed by atoms with Crippen molar-refractivity contribution in [2.75, 3.05) is 13.2 Å². The zero-order valence-electron chi connectivity index (χ0n) is 19.5. The van der Waals surface area contributed by atoms with Crippen LogP contribution in [-0.4, -0.2) is 29.3 Å². The quantitative estimate of drug-likeness (QED) is 0.240.